The standard InChI is InChI=1S/C20H39F2N5O2/c1-6-11-27(19(28)29-20(3,4)5)14-10-24-18(23-7-2)25-16-8-12-26(13-9-16)15-17(21)22/h16-17H,6-15H2,1-5H3,(H2,23,24,25). The van der Waals surface area contributed by atoms with Crippen LogP contribution in [0.4, 0.5) is 13.6 Å². The summed E-state index contributed by atoms with van der Waals surface area (Å²) >= 11 is 0. The van der Waals surface area contributed by atoms with E-state index in [4.69, 9.17) is 4.74 Å². The first-order valence-electron chi connectivity index (χ1n) is 10.7. The molecular formula is C20H39F2N5O2. The lowest BCUT2D eigenvalue weighted by atomic mass is 10.1. The van der Waals surface area contributed by atoms with E-state index in [-0.39, 0.29) is 18.7 Å². The van der Waals surface area contributed by atoms with Crippen molar-refractivity contribution in [3.8, 4) is 0 Å². The van der Waals surface area contributed by atoms with Crippen molar-refractivity contribution in [1.29, 1.82) is 0 Å². The average molecular weight is 420 g/mol. The van der Waals surface area contributed by atoms with Crippen LogP contribution in [-0.2, 0) is 4.74 Å². The average Bonchev–Trinajstić information content (AvgIpc) is 2.61. The van der Waals surface area contributed by atoms with Crippen molar-refractivity contribution in [1.82, 2.24) is 20.4 Å². The van der Waals surface area contributed by atoms with Gasteiger partial charge >= 0.3 is 6.09 Å². The maximum Gasteiger partial charge on any atom is 0.410 e. The molecule has 0 aromatic carbocycles. The van der Waals surface area contributed by atoms with Gasteiger partial charge in [0, 0.05) is 38.8 Å². The molecule has 1 heterocycles. The number of nitrogens with one attached hydrogen (secondary N) is 2. The number of amides is 1. The summed E-state index contributed by atoms with van der Waals surface area (Å²) < 4.78 is 30.5. The van der Waals surface area contributed by atoms with Gasteiger partial charge in [-0.15, -0.1) is 0 Å². The van der Waals surface area contributed by atoms with Gasteiger partial charge in [-0.05, 0) is 47.0 Å². The Morgan fingerprint density at radius 1 is 1.24 bits per heavy atom. The normalized spacial score (nSPS) is 16.8. The molecule has 1 fully saturated rings. The Kier molecular flexibility index (Phi) is 11.2. The Morgan fingerprint density at radius 2 is 1.90 bits per heavy atom. The monoisotopic (exact) mass is 419 g/mol. The molecule has 7 nitrogen and oxygen atoms in total. The third kappa shape index (κ3) is 11.2. The molecule has 0 bridgehead atoms. The van der Waals surface area contributed by atoms with Crippen LogP contribution < -0.4 is 10.6 Å². The molecule has 0 atom stereocenters. The lowest BCUT2D eigenvalue weighted by molar-refractivity contribution is 0.0256. The van der Waals surface area contributed by atoms with Crippen LogP contribution in [0.3, 0.4) is 0 Å². The number of guanidine groups is 1. The van der Waals surface area contributed by atoms with Gasteiger partial charge in [0.05, 0.1) is 13.1 Å². The highest BCUT2D eigenvalue weighted by molar-refractivity contribution is 5.80. The quantitative estimate of drug-likeness (QED) is 0.444. The van der Waals surface area contributed by atoms with E-state index >= 15 is 0 Å². The molecule has 1 amide bonds. The molecule has 170 valence electrons. The number of piperidine rings is 1. The van der Waals surface area contributed by atoms with Crippen molar-refractivity contribution < 1.29 is 18.3 Å². The molecule has 0 aliphatic carbocycles. The van der Waals surface area contributed by atoms with E-state index in [2.05, 4.69) is 15.6 Å². The molecule has 0 aromatic heterocycles. The van der Waals surface area contributed by atoms with Crippen molar-refractivity contribution in [3.05, 3.63) is 0 Å². The van der Waals surface area contributed by atoms with Crippen molar-refractivity contribution >= 4 is 12.1 Å². The van der Waals surface area contributed by atoms with Crippen molar-refractivity contribution in [2.75, 3.05) is 45.8 Å². The zero-order valence-electron chi connectivity index (χ0n) is 18.6. The van der Waals surface area contributed by atoms with Gasteiger partial charge in [0.25, 0.3) is 6.43 Å². The molecule has 0 unspecified atom stereocenters. The van der Waals surface area contributed by atoms with E-state index < -0.39 is 12.0 Å². The molecule has 1 aliphatic heterocycles. The summed E-state index contributed by atoms with van der Waals surface area (Å²) in [6.07, 6.45) is -0.153. The Morgan fingerprint density at radius 3 is 2.41 bits per heavy atom. The number of carbonyl (C=O) groups is 1. The van der Waals surface area contributed by atoms with E-state index in [1.807, 2.05) is 34.6 Å². The molecule has 2 N–H and O–H groups in total. The van der Waals surface area contributed by atoms with Crippen LogP contribution >= 0.6 is 0 Å². The number of alkyl halides is 2. The van der Waals surface area contributed by atoms with Gasteiger partial charge in [-0.25, -0.2) is 13.6 Å². The van der Waals surface area contributed by atoms with Gasteiger partial charge in [-0.2, -0.15) is 0 Å². The van der Waals surface area contributed by atoms with Crippen molar-refractivity contribution in [2.24, 2.45) is 4.99 Å². The number of hydrogen-bond donors (Lipinski definition) is 2. The van der Waals surface area contributed by atoms with Gasteiger partial charge in [0.15, 0.2) is 5.96 Å². The second-order valence-electron chi connectivity index (χ2n) is 8.34. The summed E-state index contributed by atoms with van der Waals surface area (Å²) in [5, 5.41) is 6.61. The highest BCUT2D eigenvalue weighted by atomic mass is 19.3. The first-order valence-corrected chi connectivity index (χ1v) is 10.7. The molecule has 1 saturated heterocycles. The fraction of sp³-hybridized carbons (Fsp3) is 0.900. The summed E-state index contributed by atoms with van der Waals surface area (Å²) in [6.45, 7) is 13.0. The Labute approximate surface area is 174 Å². The SMILES string of the molecule is CCCN(CCN=C(NCC)NC1CCN(CC(F)F)CC1)C(=O)OC(C)(C)C. The minimum Gasteiger partial charge on any atom is -0.444 e. The minimum atomic E-state index is -2.28. The van der Waals surface area contributed by atoms with Gasteiger partial charge < -0.3 is 20.3 Å². The minimum absolute atomic E-state index is 0.154. The van der Waals surface area contributed by atoms with E-state index in [0.717, 1.165) is 25.8 Å². The van der Waals surface area contributed by atoms with Gasteiger partial charge in [0.1, 0.15) is 5.60 Å². The van der Waals surface area contributed by atoms with E-state index in [9.17, 15) is 13.6 Å². The molecular weight excluding hydrogens is 380 g/mol. The van der Waals surface area contributed by atoms with Gasteiger partial charge in [-0.3, -0.25) is 9.89 Å². The smallest absolute Gasteiger partial charge is 0.410 e. The number of hydrogen-bond acceptors (Lipinski definition) is 4. The molecule has 0 spiro atoms. The van der Waals surface area contributed by atoms with E-state index in [0.29, 0.717) is 38.7 Å². The lowest BCUT2D eigenvalue weighted by Crippen LogP contribution is -2.49. The first kappa shape index (κ1) is 25.4. The second kappa shape index (κ2) is 12.8. The summed E-state index contributed by atoms with van der Waals surface area (Å²) in [5.41, 5.74) is -0.526. The molecule has 0 saturated carbocycles. The molecule has 29 heavy (non-hydrogen) atoms. The number of aliphatic imine (C=N–C) groups is 1. The molecule has 0 aromatic rings. The van der Waals surface area contributed by atoms with E-state index in [1.165, 1.54) is 0 Å². The summed E-state index contributed by atoms with van der Waals surface area (Å²) in [7, 11) is 0. The van der Waals surface area contributed by atoms with Crippen LogP contribution in [0.1, 0.15) is 53.9 Å². The third-order valence-electron chi connectivity index (χ3n) is 4.45. The Hall–Kier alpha value is -1.64. The van der Waals surface area contributed by atoms with Crippen LogP contribution in [0.15, 0.2) is 4.99 Å². The third-order valence-corrected chi connectivity index (χ3v) is 4.45. The number of rotatable bonds is 9. The number of carbonyl (C=O) groups excluding carboxylic acids is 1. The van der Waals surface area contributed by atoms with Crippen LogP contribution in [0.2, 0.25) is 0 Å². The molecule has 1 aliphatic rings. The highest BCUT2D eigenvalue weighted by Gasteiger charge is 2.23. The second-order valence-corrected chi connectivity index (χ2v) is 8.34. The number of likely N-dealkylation sites (tertiary alicyclic amines) is 1. The zero-order chi connectivity index (χ0) is 21.9. The van der Waals surface area contributed by atoms with Crippen LogP contribution in [0.25, 0.3) is 0 Å². The molecule has 9 heteroatoms. The lowest BCUT2D eigenvalue weighted by Gasteiger charge is -2.32. The number of halogens is 2. The fourth-order valence-corrected chi connectivity index (χ4v) is 3.14. The summed E-state index contributed by atoms with van der Waals surface area (Å²) in [4.78, 5) is 20.4. The molecule has 1 rings (SSSR count). The predicted molar refractivity (Wildman–Crippen MR) is 113 cm³/mol. The Balaban J connectivity index is 2.54. The molecule has 0 radical (unpaired) electrons. The van der Waals surface area contributed by atoms with Gasteiger partial charge in [0.2, 0.25) is 0 Å². The number of nitrogens with zero attached hydrogens (tertiary/aromatic N) is 3. The first-order chi connectivity index (χ1) is 13.6. The maximum atomic E-state index is 12.5. The summed E-state index contributed by atoms with van der Waals surface area (Å²) in [5.74, 6) is 0.695. The number of ether oxygens (including phenoxy) is 1. The van der Waals surface area contributed by atoms with Gasteiger partial charge in [-0.1, -0.05) is 6.92 Å². The fourth-order valence-electron chi connectivity index (χ4n) is 3.14. The maximum absolute atomic E-state index is 12.5. The van der Waals surface area contributed by atoms with Crippen molar-refractivity contribution in [3.63, 3.8) is 0 Å². The highest BCUT2D eigenvalue weighted by Crippen LogP contribution is 2.12. The van der Waals surface area contributed by atoms with E-state index in [1.54, 1.807) is 9.80 Å². The van der Waals surface area contributed by atoms with Crippen LogP contribution in [0.5, 0.6) is 0 Å². The largest absolute Gasteiger partial charge is 0.444 e. The van der Waals surface area contributed by atoms with Crippen LogP contribution in [0, 0.1) is 0 Å². The Bertz CT molecular complexity index is 504. The predicted octanol–water partition coefficient (Wildman–Crippen LogP) is 2.92. The summed E-state index contributed by atoms with van der Waals surface area (Å²) in [6, 6.07) is 0.208. The zero-order valence-corrected chi connectivity index (χ0v) is 18.6. The topological polar surface area (TPSA) is 69.2 Å². The van der Waals surface area contributed by atoms with Crippen molar-refractivity contribution in [2.45, 2.75) is 71.9 Å². The van der Waals surface area contributed by atoms with Crippen LogP contribution in [-0.4, -0.2) is 85.7 Å².